The number of ether oxygens (including phenoxy) is 1. The lowest BCUT2D eigenvalue weighted by molar-refractivity contribution is 0.275. The van der Waals surface area contributed by atoms with Crippen LogP contribution in [0.25, 0.3) is 0 Å². The number of nitrogens with one attached hydrogen (secondary N) is 1. The predicted octanol–water partition coefficient (Wildman–Crippen LogP) is 1.67. The van der Waals surface area contributed by atoms with Gasteiger partial charge >= 0.3 is 0 Å². The third kappa shape index (κ3) is 4.79. The van der Waals surface area contributed by atoms with Gasteiger partial charge in [-0.15, -0.1) is 12.4 Å². The average Bonchev–Trinajstić information content (AvgIpc) is 2.31. The Hall–Kier alpha value is -0.840. The first-order valence-corrected chi connectivity index (χ1v) is 5.28. The number of hydrogen-bond acceptors (Lipinski definition) is 3. The van der Waals surface area contributed by atoms with Crippen molar-refractivity contribution in [1.29, 1.82) is 0 Å². The smallest absolute Gasteiger partial charge is 0.256 e. The summed E-state index contributed by atoms with van der Waals surface area (Å²) < 4.78 is 5.34. The Labute approximate surface area is 108 Å². The van der Waals surface area contributed by atoms with Crippen LogP contribution in [0.4, 0.5) is 0 Å². The fourth-order valence-corrected chi connectivity index (χ4v) is 1.34. The molecule has 5 heteroatoms. The number of thiocarbonyl (C=S) groups is 1. The molecule has 0 spiro atoms. The standard InChI is InChI=1S/C11H16N2OS.ClH/c1-13-11(15)14-8-10(7-12)9-5-3-2-4-6-9;/h2-6,10H,7-8,12H2,1H3,(H,13,15);1H. The van der Waals surface area contributed by atoms with Crippen molar-refractivity contribution >= 4 is 29.8 Å². The lowest BCUT2D eigenvalue weighted by Crippen LogP contribution is -2.24. The summed E-state index contributed by atoms with van der Waals surface area (Å²) in [6.07, 6.45) is 0. The molecule has 1 aromatic carbocycles. The molecule has 90 valence electrons. The van der Waals surface area contributed by atoms with Gasteiger partial charge in [0, 0.05) is 19.5 Å². The molecule has 0 radical (unpaired) electrons. The van der Waals surface area contributed by atoms with Gasteiger partial charge in [0.25, 0.3) is 5.17 Å². The monoisotopic (exact) mass is 260 g/mol. The van der Waals surface area contributed by atoms with Gasteiger partial charge in [-0.1, -0.05) is 30.3 Å². The molecule has 1 unspecified atom stereocenters. The highest BCUT2D eigenvalue weighted by molar-refractivity contribution is 7.80. The van der Waals surface area contributed by atoms with Crippen molar-refractivity contribution in [2.45, 2.75) is 5.92 Å². The molecule has 3 nitrogen and oxygen atoms in total. The van der Waals surface area contributed by atoms with Gasteiger partial charge in [-0.2, -0.15) is 0 Å². The molecular weight excluding hydrogens is 244 g/mol. The zero-order valence-corrected chi connectivity index (χ0v) is 10.8. The summed E-state index contributed by atoms with van der Waals surface area (Å²) in [7, 11) is 1.74. The van der Waals surface area contributed by atoms with Gasteiger partial charge in [-0.05, 0) is 17.8 Å². The van der Waals surface area contributed by atoms with E-state index in [1.807, 2.05) is 30.3 Å². The molecule has 1 aromatic rings. The van der Waals surface area contributed by atoms with E-state index < -0.39 is 0 Å². The lowest BCUT2D eigenvalue weighted by atomic mass is 10.0. The molecule has 0 aliphatic heterocycles. The van der Waals surface area contributed by atoms with E-state index in [1.165, 1.54) is 5.56 Å². The van der Waals surface area contributed by atoms with Crippen LogP contribution in [0.2, 0.25) is 0 Å². The molecule has 16 heavy (non-hydrogen) atoms. The molecule has 0 aliphatic carbocycles. The maximum absolute atomic E-state index is 5.69. The van der Waals surface area contributed by atoms with E-state index in [9.17, 15) is 0 Å². The molecular formula is C11H17ClN2OS. The Morgan fingerprint density at radius 1 is 1.44 bits per heavy atom. The summed E-state index contributed by atoms with van der Waals surface area (Å²) >= 11 is 4.90. The van der Waals surface area contributed by atoms with Gasteiger partial charge in [0.1, 0.15) is 0 Å². The Morgan fingerprint density at radius 2 is 2.06 bits per heavy atom. The summed E-state index contributed by atoms with van der Waals surface area (Å²) in [6, 6.07) is 10.1. The van der Waals surface area contributed by atoms with E-state index in [0.717, 1.165) is 0 Å². The highest BCUT2D eigenvalue weighted by Gasteiger charge is 2.10. The molecule has 1 atom stereocenters. The number of rotatable bonds is 4. The van der Waals surface area contributed by atoms with Crippen molar-refractivity contribution in [3.63, 3.8) is 0 Å². The van der Waals surface area contributed by atoms with Crippen molar-refractivity contribution in [3.8, 4) is 0 Å². The summed E-state index contributed by atoms with van der Waals surface area (Å²) in [5.74, 6) is 0.192. The second kappa shape index (κ2) is 8.33. The average molecular weight is 261 g/mol. The van der Waals surface area contributed by atoms with Crippen molar-refractivity contribution < 1.29 is 4.74 Å². The highest BCUT2D eigenvalue weighted by Crippen LogP contribution is 2.14. The number of benzene rings is 1. The van der Waals surface area contributed by atoms with Crippen molar-refractivity contribution in [3.05, 3.63) is 35.9 Å². The minimum atomic E-state index is 0. The number of halogens is 1. The number of nitrogens with two attached hydrogens (primary N) is 1. The van der Waals surface area contributed by atoms with Gasteiger partial charge in [-0.3, -0.25) is 0 Å². The van der Waals surface area contributed by atoms with Gasteiger partial charge in [0.15, 0.2) is 0 Å². The maximum atomic E-state index is 5.69. The summed E-state index contributed by atoms with van der Waals surface area (Å²) in [5, 5.41) is 3.17. The molecule has 1 rings (SSSR count). The number of hydrogen-bond donors (Lipinski definition) is 2. The minimum Gasteiger partial charge on any atom is -0.470 e. The Balaban J connectivity index is 0.00000225. The van der Waals surface area contributed by atoms with Crippen LogP contribution in [0, 0.1) is 0 Å². The molecule has 0 saturated heterocycles. The van der Waals surface area contributed by atoms with E-state index in [0.29, 0.717) is 18.3 Å². The summed E-state index contributed by atoms with van der Waals surface area (Å²) in [6.45, 7) is 1.07. The molecule has 0 aliphatic rings. The van der Waals surface area contributed by atoms with Crippen LogP contribution < -0.4 is 11.1 Å². The molecule has 0 fully saturated rings. The first kappa shape index (κ1) is 15.2. The van der Waals surface area contributed by atoms with Crippen LogP contribution in [0.15, 0.2) is 30.3 Å². The zero-order valence-electron chi connectivity index (χ0n) is 9.18. The molecule has 0 bridgehead atoms. The van der Waals surface area contributed by atoms with Crippen LogP contribution in [-0.2, 0) is 4.74 Å². The molecule has 0 aromatic heterocycles. The highest BCUT2D eigenvalue weighted by atomic mass is 35.5. The minimum absolute atomic E-state index is 0. The van der Waals surface area contributed by atoms with Crippen LogP contribution >= 0.6 is 24.6 Å². The quantitative estimate of drug-likeness (QED) is 0.809. The van der Waals surface area contributed by atoms with Crippen LogP contribution in [0.1, 0.15) is 11.5 Å². The second-order valence-electron chi connectivity index (χ2n) is 3.19. The Bertz CT molecular complexity index is 308. The third-order valence-corrected chi connectivity index (χ3v) is 2.50. The van der Waals surface area contributed by atoms with E-state index in [4.69, 9.17) is 22.7 Å². The summed E-state index contributed by atoms with van der Waals surface area (Å²) in [5.41, 5.74) is 6.87. The van der Waals surface area contributed by atoms with Gasteiger partial charge < -0.3 is 15.8 Å². The maximum Gasteiger partial charge on any atom is 0.256 e. The zero-order chi connectivity index (χ0) is 11.1. The van der Waals surface area contributed by atoms with Gasteiger partial charge in [0.05, 0.1) is 6.61 Å². The Morgan fingerprint density at radius 3 is 2.56 bits per heavy atom. The van der Waals surface area contributed by atoms with E-state index in [2.05, 4.69) is 5.32 Å². The lowest BCUT2D eigenvalue weighted by Gasteiger charge is -2.16. The molecule has 0 saturated carbocycles. The van der Waals surface area contributed by atoms with E-state index >= 15 is 0 Å². The SMILES string of the molecule is CNC(=S)OCC(CN)c1ccccc1.Cl. The fraction of sp³-hybridized carbons (Fsp3) is 0.364. The Kier molecular flexibility index (Phi) is 7.89. The van der Waals surface area contributed by atoms with E-state index in [-0.39, 0.29) is 18.3 Å². The van der Waals surface area contributed by atoms with Crippen molar-refractivity contribution in [1.82, 2.24) is 5.32 Å². The fourth-order valence-electron chi connectivity index (χ4n) is 1.27. The molecule has 0 amide bonds. The van der Waals surface area contributed by atoms with Crippen molar-refractivity contribution in [2.75, 3.05) is 20.2 Å². The topological polar surface area (TPSA) is 47.3 Å². The van der Waals surface area contributed by atoms with Gasteiger partial charge in [0.2, 0.25) is 0 Å². The largest absolute Gasteiger partial charge is 0.470 e. The van der Waals surface area contributed by atoms with E-state index in [1.54, 1.807) is 7.05 Å². The molecule has 3 N–H and O–H groups in total. The first-order valence-electron chi connectivity index (χ1n) is 4.87. The third-order valence-electron chi connectivity index (χ3n) is 2.18. The predicted molar refractivity (Wildman–Crippen MR) is 73.1 cm³/mol. The second-order valence-corrected chi connectivity index (χ2v) is 3.56. The van der Waals surface area contributed by atoms with Crippen LogP contribution in [0.5, 0.6) is 0 Å². The van der Waals surface area contributed by atoms with Gasteiger partial charge in [-0.25, -0.2) is 0 Å². The summed E-state index contributed by atoms with van der Waals surface area (Å²) in [4.78, 5) is 0. The van der Waals surface area contributed by atoms with Crippen LogP contribution in [-0.4, -0.2) is 25.4 Å². The van der Waals surface area contributed by atoms with Crippen molar-refractivity contribution in [2.24, 2.45) is 5.73 Å². The molecule has 0 heterocycles. The van der Waals surface area contributed by atoms with Crippen LogP contribution in [0.3, 0.4) is 0 Å². The first-order chi connectivity index (χ1) is 7.27. The normalized spacial score (nSPS) is 11.1.